The fourth-order valence-corrected chi connectivity index (χ4v) is 3.61. The van der Waals surface area contributed by atoms with Crippen LogP contribution < -0.4 is 0 Å². The Hall–Kier alpha value is -1.71. The maximum Gasteiger partial charge on any atom is 0.221 e. The van der Waals surface area contributed by atoms with Crippen molar-refractivity contribution in [3.8, 4) is 0 Å². The molecular formula is C16H18FNO2. The second kappa shape index (κ2) is 5.00. The van der Waals surface area contributed by atoms with Gasteiger partial charge in [0.25, 0.3) is 0 Å². The lowest BCUT2D eigenvalue weighted by atomic mass is 9.78. The van der Waals surface area contributed by atoms with Gasteiger partial charge in [0.2, 0.25) is 5.91 Å². The molecule has 0 radical (unpaired) electrons. The van der Waals surface area contributed by atoms with Crippen molar-refractivity contribution in [3.05, 3.63) is 35.4 Å². The molecule has 106 valence electrons. The topological polar surface area (TPSA) is 37.4 Å². The third kappa shape index (κ3) is 2.03. The van der Waals surface area contributed by atoms with Gasteiger partial charge in [-0.3, -0.25) is 9.59 Å². The Balaban J connectivity index is 1.89. The van der Waals surface area contributed by atoms with Gasteiger partial charge in [-0.1, -0.05) is 24.3 Å². The number of benzene rings is 1. The van der Waals surface area contributed by atoms with Crippen LogP contribution in [0.2, 0.25) is 0 Å². The Kier molecular flexibility index (Phi) is 3.32. The summed E-state index contributed by atoms with van der Waals surface area (Å²) in [5, 5.41) is 0. The highest BCUT2D eigenvalue weighted by molar-refractivity contribution is 6.00. The first kappa shape index (κ1) is 13.3. The molecule has 1 heterocycles. The number of rotatable bonds is 1. The van der Waals surface area contributed by atoms with E-state index in [0.717, 1.165) is 17.5 Å². The van der Waals surface area contributed by atoms with Gasteiger partial charge < -0.3 is 4.90 Å². The third-order valence-electron chi connectivity index (χ3n) is 4.53. The maximum atomic E-state index is 13.9. The number of hydrogen-bond acceptors (Lipinski definition) is 2. The van der Waals surface area contributed by atoms with Crippen LogP contribution in [0.4, 0.5) is 4.39 Å². The molecule has 3 nitrogen and oxygen atoms in total. The Labute approximate surface area is 117 Å². The Bertz CT molecular complexity index is 557. The van der Waals surface area contributed by atoms with E-state index in [2.05, 4.69) is 0 Å². The minimum atomic E-state index is -1.23. The molecule has 1 aromatic rings. The zero-order valence-electron chi connectivity index (χ0n) is 11.5. The fourth-order valence-electron chi connectivity index (χ4n) is 3.61. The molecule has 1 aromatic carbocycles. The summed E-state index contributed by atoms with van der Waals surface area (Å²) in [6, 6.07) is 7.32. The molecule has 1 saturated heterocycles. The van der Waals surface area contributed by atoms with Crippen molar-refractivity contribution in [2.75, 3.05) is 0 Å². The lowest BCUT2D eigenvalue weighted by Gasteiger charge is -2.33. The largest absolute Gasteiger partial charge is 0.309 e. The van der Waals surface area contributed by atoms with Gasteiger partial charge in [-0.2, -0.15) is 0 Å². The number of amides is 1. The number of halogens is 1. The van der Waals surface area contributed by atoms with Crippen molar-refractivity contribution in [1.29, 1.82) is 0 Å². The standard InChI is InChI=1S/C16H18FNO2/c1-10(19)18-14(8-9-15(18)17)13-7-6-11-4-2-3-5-12(11)16(13)20/h2-5,13-15H,6-9H2,1H3. The number of likely N-dealkylation sites (tertiary alicyclic amines) is 1. The number of fused-ring (bicyclic) bond motifs is 1. The molecule has 0 saturated carbocycles. The molecule has 1 aliphatic heterocycles. The van der Waals surface area contributed by atoms with Crippen molar-refractivity contribution in [2.45, 2.75) is 44.9 Å². The van der Waals surface area contributed by atoms with E-state index in [1.54, 1.807) is 0 Å². The van der Waals surface area contributed by atoms with Gasteiger partial charge in [0, 0.05) is 24.4 Å². The monoisotopic (exact) mass is 275 g/mol. The number of carbonyl (C=O) groups is 2. The summed E-state index contributed by atoms with van der Waals surface area (Å²) in [6.45, 7) is 1.38. The van der Waals surface area contributed by atoms with Crippen molar-refractivity contribution in [3.63, 3.8) is 0 Å². The van der Waals surface area contributed by atoms with E-state index in [-0.39, 0.29) is 23.7 Å². The molecule has 0 spiro atoms. The molecule has 1 amide bonds. The molecule has 3 unspecified atom stereocenters. The number of nitrogens with zero attached hydrogens (tertiary/aromatic N) is 1. The van der Waals surface area contributed by atoms with Crippen LogP contribution in [0.25, 0.3) is 0 Å². The molecular weight excluding hydrogens is 257 g/mol. The van der Waals surface area contributed by atoms with E-state index in [1.165, 1.54) is 11.8 Å². The van der Waals surface area contributed by atoms with Crippen LogP contribution in [0.1, 0.15) is 42.1 Å². The van der Waals surface area contributed by atoms with Crippen LogP contribution in [0.3, 0.4) is 0 Å². The number of Topliss-reactive ketones (excluding diaryl/α,β-unsaturated/α-hetero) is 1. The average Bonchev–Trinajstić information content (AvgIpc) is 2.81. The van der Waals surface area contributed by atoms with Gasteiger partial charge in [-0.15, -0.1) is 0 Å². The van der Waals surface area contributed by atoms with E-state index in [1.807, 2.05) is 24.3 Å². The van der Waals surface area contributed by atoms with E-state index in [9.17, 15) is 14.0 Å². The zero-order valence-corrected chi connectivity index (χ0v) is 11.5. The SMILES string of the molecule is CC(=O)N1C(F)CCC1C1CCc2ccccc2C1=O. The molecule has 0 N–H and O–H groups in total. The average molecular weight is 275 g/mol. The first-order valence-corrected chi connectivity index (χ1v) is 7.14. The van der Waals surface area contributed by atoms with Crippen LogP contribution in [0.15, 0.2) is 24.3 Å². The Morgan fingerprint density at radius 1 is 1.25 bits per heavy atom. The highest BCUT2D eigenvalue weighted by Crippen LogP contribution is 2.36. The minimum absolute atomic E-state index is 0.0669. The first-order valence-electron chi connectivity index (χ1n) is 7.14. The van der Waals surface area contributed by atoms with Crippen molar-refractivity contribution in [1.82, 2.24) is 4.90 Å². The normalized spacial score (nSPS) is 29.4. The lowest BCUT2D eigenvalue weighted by molar-refractivity contribution is -0.135. The van der Waals surface area contributed by atoms with Crippen molar-refractivity contribution < 1.29 is 14.0 Å². The predicted molar refractivity (Wildman–Crippen MR) is 73.0 cm³/mol. The molecule has 4 heteroatoms. The third-order valence-corrected chi connectivity index (χ3v) is 4.53. The number of ketones is 1. The summed E-state index contributed by atoms with van der Waals surface area (Å²) >= 11 is 0. The van der Waals surface area contributed by atoms with Gasteiger partial charge in [-0.05, 0) is 31.2 Å². The van der Waals surface area contributed by atoms with Crippen molar-refractivity contribution >= 4 is 11.7 Å². The van der Waals surface area contributed by atoms with Gasteiger partial charge in [0.15, 0.2) is 12.1 Å². The summed E-state index contributed by atoms with van der Waals surface area (Å²) in [4.78, 5) is 25.5. The van der Waals surface area contributed by atoms with Crippen molar-refractivity contribution in [2.24, 2.45) is 5.92 Å². The molecule has 1 aliphatic carbocycles. The van der Waals surface area contributed by atoms with Crippen LogP contribution in [-0.2, 0) is 11.2 Å². The van der Waals surface area contributed by atoms with Crippen LogP contribution in [-0.4, -0.2) is 28.9 Å². The summed E-state index contributed by atoms with van der Waals surface area (Å²) in [7, 11) is 0. The van der Waals surface area contributed by atoms with Crippen LogP contribution >= 0.6 is 0 Å². The van der Waals surface area contributed by atoms with E-state index in [4.69, 9.17) is 0 Å². The first-order chi connectivity index (χ1) is 9.59. The molecule has 3 atom stereocenters. The fraction of sp³-hybridized carbons (Fsp3) is 0.500. The highest BCUT2D eigenvalue weighted by atomic mass is 19.1. The minimum Gasteiger partial charge on any atom is -0.309 e. The quantitative estimate of drug-likeness (QED) is 0.739. The van der Waals surface area contributed by atoms with Gasteiger partial charge in [0.05, 0.1) is 0 Å². The van der Waals surface area contributed by atoms with Crippen LogP contribution in [0.5, 0.6) is 0 Å². The van der Waals surface area contributed by atoms with Gasteiger partial charge in [0.1, 0.15) is 0 Å². The molecule has 2 aliphatic rings. The molecule has 3 rings (SSSR count). The Morgan fingerprint density at radius 3 is 2.75 bits per heavy atom. The number of aryl methyl sites for hydroxylation is 1. The smallest absolute Gasteiger partial charge is 0.221 e. The van der Waals surface area contributed by atoms with Gasteiger partial charge in [-0.25, -0.2) is 4.39 Å². The number of hydrogen-bond donors (Lipinski definition) is 0. The zero-order chi connectivity index (χ0) is 14.3. The summed E-state index contributed by atoms with van der Waals surface area (Å²) in [5.41, 5.74) is 1.81. The molecule has 20 heavy (non-hydrogen) atoms. The molecule has 0 aromatic heterocycles. The highest BCUT2D eigenvalue weighted by Gasteiger charge is 2.43. The van der Waals surface area contributed by atoms with E-state index < -0.39 is 6.30 Å². The second-order valence-electron chi connectivity index (χ2n) is 5.67. The van der Waals surface area contributed by atoms with Gasteiger partial charge >= 0.3 is 0 Å². The predicted octanol–water partition coefficient (Wildman–Crippen LogP) is 2.74. The second-order valence-corrected chi connectivity index (χ2v) is 5.67. The van der Waals surface area contributed by atoms with E-state index >= 15 is 0 Å². The summed E-state index contributed by atoms with van der Waals surface area (Å²) < 4.78 is 13.9. The summed E-state index contributed by atoms with van der Waals surface area (Å²) in [6.07, 6.45) is 1.22. The molecule has 0 bridgehead atoms. The van der Waals surface area contributed by atoms with Crippen LogP contribution in [0, 0.1) is 5.92 Å². The number of alkyl halides is 1. The van der Waals surface area contributed by atoms with E-state index in [0.29, 0.717) is 19.3 Å². The lowest BCUT2D eigenvalue weighted by Crippen LogP contribution is -2.45. The maximum absolute atomic E-state index is 13.9. The number of carbonyl (C=O) groups excluding carboxylic acids is 2. The Morgan fingerprint density at radius 2 is 2.00 bits per heavy atom. The molecule has 1 fully saturated rings. The summed E-state index contributed by atoms with van der Waals surface area (Å²) in [5.74, 6) is -0.460.